The Bertz CT molecular complexity index is 621. The van der Waals surface area contributed by atoms with Gasteiger partial charge in [0.1, 0.15) is 6.33 Å². The van der Waals surface area contributed by atoms with E-state index in [2.05, 4.69) is 15.1 Å². The maximum absolute atomic E-state index is 10.9. The summed E-state index contributed by atoms with van der Waals surface area (Å²) in [6.07, 6.45) is 9.69. The molecule has 98 valence electrons. The van der Waals surface area contributed by atoms with Crippen LogP contribution in [-0.4, -0.2) is 30.8 Å². The quantitative estimate of drug-likeness (QED) is 0.828. The number of hydrogen-bond donors (Lipinski definition) is 1. The lowest BCUT2D eigenvalue weighted by Crippen LogP contribution is -2.07. The Kier molecular flexibility index (Phi) is 2.98. The minimum Gasteiger partial charge on any atom is -0.478 e. The summed E-state index contributed by atoms with van der Waals surface area (Å²) in [4.78, 5) is 19.5. The van der Waals surface area contributed by atoms with E-state index in [9.17, 15) is 4.79 Å². The van der Waals surface area contributed by atoms with Crippen molar-refractivity contribution >= 4 is 5.97 Å². The molecule has 1 N–H and O–H groups in total. The number of nitrogens with zero attached hydrogens (tertiary/aromatic N) is 4. The van der Waals surface area contributed by atoms with Crippen molar-refractivity contribution < 1.29 is 9.90 Å². The number of fused-ring (bicyclic) bond motifs is 1. The molecule has 0 amide bonds. The van der Waals surface area contributed by atoms with Crippen LogP contribution in [0, 0.1) is 0 Å². The van der Waals surface area contributed by atoms with E-state index in [1.54, 1.807) is 0 Å². The largest absolute Gasteiger partial charge is 0.478 e. The van der Waals surface area contributed by atoms with Gasteiger partial charge in [0.25, 0.3) is 0 Å². The summed E-state index contributed by atoms with van der Waals surface area (Å²) in [7, 11) is 0. The van der Waals surface area contributed by atoms with Gasteiger partial charge in [-0.3, -0.25) is 0 Å². The van der Waals surface area contributed by atoms with E-state index in [4.69, 9.17) is 5.11 Å². The maximum atomic E-state index is 10.9. The fourth-order valence-electron chi connectivity index (χ4n) is 2.43. The zero-order chi connectivity index (χ0) is 13.2. The van der Waals surface area contributed by atoms with E-state index in [1.807, 2.05) is 0 Å². The Morgan fingerprint density at radius 3 is 2.84 bits per heavy atom. The molecule has 6 nitrogen and oxygen atoms in total. The van der Waals surface area contributed by atoms with Crippen LogP contribution in [0.4, 0.5) is 0 Å². The summed E-state index contributed by atoms with van der Waals surface area (Å²) in [6, 6.07) is 0. The van der Waals surface area contributed by atoms with Gasteiger partial charge in [0.2, 0.25) is 0 Å². The number of hydrogen-bond acceptors (Lipinski definition) is 4. The lowest BCUT2D eigenvalue weighted by atomic mass is 10.1. The van der Waals surface area contributed by atoms with Gasteiger partial charge in [-0.05, 0) is 25.7 Å². The number of aromatic carboxylic acids is 1. The standard InChI is InChI=1S/C13H14N4O2/c18-13(19)9-6-16-17(7-9)12-10-4-2-1-3-5-11(10)14-8-15-12/h6-8H,1-5H2,(H,18,19). The molecule has 0 spiro atoms. The summed E-state index contributed by atoms with van der Waals surface area (Å²) in [5.74, 6) is -0.272. The first-order valence-electron chi connectivity index (χ1n) is 6.37. The number of carboxylic acids is 1. The normalized spacial score (nSPS) is 14.7. The maximum Gasteiger partial charge on any atom is 0.338 e. The van der Waals surface area contributed by atoms with E-state index in [0.29, 0.717) is 5.82 Å². The molecule has 19 heavy (non-hydrogen) atoms. The Hall–Kier alpha value is -2.24. The third kappa shape index (κ3) is 2.21. The topological polar surface area (TPSA) is 80.9 Å². The highest BCUT2D eigenvalue weighted by Crippen LogP contribution is 2.22. The van der Waals surface area contributed by atoms with Gasteiger partial charge >= 0.3 is 5.97 Å². The Balaban J connectivity index is 2.06. The van der Waals surface area contributed by atoms with Crippen LogP contribution in [0.25, 0.3) is 5.82 Å². The van der Waals surface area contributed by atoms with E-state index in [0.717, 1.165) is 36.9 Å². The smallest absolute Gasteiger partial charge is 0.338 e. The van der Waals surface area contributed by atoms with Crippen LogP contribution in [0.2, 0.25) is 0 Å². The molecule has 3 rings (SSSR count). The molecule has 6 heteroatoms. The average molecular weight is 258 g/mol. The van der Waals surface area contributed by atoms with Crippen LogP contribution in [-0.2, 0) is 12.8 Å². The zero-order valence-electron chi connectivity index (χ0n) is 10.4. The van der Waals surface area contributed by atoms with Gasteiger partial charge in [0, 0.05) is 17.5 Å². The van der Waals surface area contributed by atoms with Crippen LogP contribution in [0.5, 0.6) is 0 Å². The van der Waals surface area contributed by atoms with E-state index in [-0.39, 0.29) is 5.56 Å². The highest BCUT2D eigenvalue weighted by molar-refractivity contribution is 5.86. The summed E-state index contributed by atoms with van der Waals surface area (Å²) in [5.41, 5.74) is 2.33. The Morgan fingerprint density at radius 2 is 2.05 bits per heavy atom. The molecule has 2 aromatic rings. The van der Waals surface area contributed by atoms with Crippen LogP contribution in [0.3, 0.4) is 0 Å². The first-order chi connectivity index (χ1) is 9.25. The van der Waals surface area contributed by atoms with Crippen molar-refractivity contribution in [1.29, 1.82) is 0 Å². The second kappa shape index (κ2) is 4.79. The second-order valence-corrected chi connectivity index (χ2v) is 4.66. The van der Waals surface area contributed by atoms with Gasteiger partial charge in [-0.1, -0.05) is 6.42 Å². The fraction of sp³-hybridized carbons (Fsp3) is 0.385. The van der Waals surface area contributed by atoms with Gasteiger partial charge in [-0.15, -0.1) is 0 Å². The zero-order valence-corrected chi connectivity index (χ0v) is 10.4. The predicted molar refractivity (Wildman–Crippen MR) is 67.4 cm³/mol. The molecule has 2 heterocycles. The summed E-state index contributed by atoms with van der Waals surface area (Å²) in [5, 5.41) is 13.0. The fourth-order valence-corrected chi connectivity index (χ4v) is 2.43. The molecule has 0 atom stereocenters. The number of carbonyl (C=O) groups is 1. The van der Waals surface area contributed by atoms with Crippen LogP contribution < -0.4 is 0 Å². The SMILES string of the molecule is O=C(O)c1cnn(-c2ncnc3c2CCCCC3)c1. The van der Waals surface area contributed by atoms with Crippen molar-refractivity contribution in [2.75, 3.05) is 0 Å². The Morgan fingerprint density at radius 1 is 1.21 bits per heavy atom. The van der Waals surface area contributed by atoms with Crippen molar-refractivity contribution in [3.63, 3.8) is 0 Å². The minimum absolute atomic E-state index is 0.168. The molecule has 0 unspecified atom stereocenters. The van der Waals surface area contributed by atoms with E-state index < -0.39 is 5.97 Å². The van der Waals surface area contributed by atoms with Gasteiger partial charge in [0.15, 0.2) is 5.82 Å². The molecule has 0 aromatic carbocycles. The predicted octanol–water partition coefficient (Wildman–Crippen LogP) is 1.63. The summed E-state index contributed by atoms with van der Waals surface area (Å²) in [6.45, 7) is 0. The molecule has 0 saturated carbocycles. The van der Waals surface area contributed by atoms with Crippen molar-refractivity contribution in [3.8, 4) is 5.82 Å². The van der Waals surface area contributed by atoms with E-state index in [1.165, 1.54) is 29.8 Å². The third-order valence-electron chi connectivity index (χ3n) is 3.40. The molecule has 0 saturated heterocycles. The molecular formula is C13H14N4O2. The van der Waals surface area contributed by atoms with Crippen LogP contribution >= 0.6 is 0 Å². The lowest BCUT2D eigenvalue weighted by molar-refractivity contribution is 0.0697. The Labute approximate surface area is 110 Å². The van der Waals surface area contributed by atoms with Gasteiger partial charge < -0.3 is 5.11 Å². The third-order valence-corrected chi connectivity index (χ3v) is 3.40. The van der Waals surface area contributed by atoms with Gasteiger partial charge in [-0.2, -0.15) is 5.10 Å². The van der Waals surface area contributed by atoms with Gasteiger partial charge in [0.05, 0.1) is 11.8 Å². The number of carboxylic acid groups (broad SMARTS) is 1. The minimum atomic E-state index is -0.980. The lowest BCUT2D eigenvalue weighted by Gasteiger charge is -2.09. The van der Waals surface area contributed by atoms with E-state index >= 15 is 0 Å². The second-order valence-electron chi connectivity index (χ2n) is 4.66. The summed E-state index contributed by atoms with van der Waals surface area (Å²) < 4.78 is 1.54. The summed E-state index contributed by atoms with van der Waals surface area (Å²) >= 11 is 0. The van der Waals surface area contributed by atoms with Gasteiger partial charge in [-0.25, -0.2) is 19.4 Å². The molecule has 0 radical (unpaired) electrons. The van der Waals surface area contributed by atoms with Crippen molar-refractivity contribution in [1.82, 2.24) is 19.7 Å². The average Bonchev–Trinajstić information content (AvgIpc) is 2.77. The molecular weight excluding hydrogens is 244 g/mol. The van der Waals surface area contributed by atoms with Crippen LogP contribution in [0.1, 0.15) is 40.9 Å². The molecule has 2 aromatic heterocycles. The molecule has 0 aliphatic heterocycles. The van der Waals surface area contributed by atoms with Crippen LogP contribution in [0.15, 0.2) is 18.7 Å². The molecule has 0 fully saturated rings. The first kappa shape index (κ1) is 11.8. The highest BCUT2D eigenvalue weighted by atomic mass is 16.4. The number of aryl methyl sites for hydroxylation is 1. The monoisotopic (exact) mass is 258 g/mol. The first-order valence-corrected chi connectivity index (χ1v) is 6.37. The molecule has 1 aliphatic carbocycles. The van der Waals surface area contributed by atoms with Crippen molar-refractivity contribution in [2.24, 2.45) is 0 Å². The molecule has 1 aliphatic rings. The van der Waals surface area contributed by atoms with Crippen molar-refractivity contribution in [3.05, 3.63) is 35.5 Å². The molecule has 0 bridgehead atoms. The highest BCUT2D eigenvalue weighted by Gasteiger charge is 2.17. The van der Waals surface area contributed by atoms with Crippen molar-refractivity contribution in [2.45, 2.75) is 32.1 Å². The number of rotatable bonds is 2. The number of aromatic nitrogens is 4.